The summed E-state index contributed by atoms with van der Waals surface area (Å²) in [6, 6.07) is 6.03. The maximum absolute atomic E-state index is 12.0. The van der Waals surface area contributed by atoms with E-state index in [1.807, 2.05) is 25.1 Å². The topological polar surface area (TPSA) is 79.8 Å². The lowest BCUT2D eigenvalue weighted by Crippen LogP contribution is -2.33. The number of hydrogen-bond acceptors (Lipinski definition) is 5. The molecule has 0 unspecified atom stereocenters. The Hall–Kier alpha value is -2.50. The zero-order chi connectivity index (χ0) is 16.8. The smallest absolute Gasteiger partial charge is 0.221 e. The molecule has 0 bridgehead atoms. The molecule has 6 heteroatoms. The maximum Gasteiger partial charge on any atom is 0.221 e. The fraction of sp³-hybridized carbons (Fsp3) is 0.444. The molecule has 126 valence electrons. The van der Waals surface area contributed by atoms with Crippen LogP contribution in [0, 0.1) is 6.92 Å². The average Bonchev–Trinajstić information content (AvgIpc) is 3.08. The van der Waals surface area contributed by atoms with E-state index in [1.54, 1.807) is 12.4 Å². The number of anilines is 1. The SMILES string of the molecule is Cc1cc(NCCC(=O)NC2CCCC2)nc(-c2ccncc2)n1. The second-order valence-electron chi connectivity index (χ2n) is 6.18. The number of carbonyl (C=O) groups excluding carboxylic acids is 1. The number of carbonyl (C=O) groups is 1. The van der Waals surface area contributed by atoms with Crippen LogP contribution in [0.5, 0.6) is 0 Å². The molecule has 1 aliphatic rings. The van der Waals surface area contributed by atoms with Crippen LogP contribution in [0.4, 0.5) is 5.82 Å². The number of pyridine rings is 1. The van der Waals surface area contributed by atoms with Crippen molar-refractivity contribution in [1.29, 1.82) is 0 Å². The molecular weight excluding hydrogens is 302 g/mol. The lowest BCUT2D eigenvalue weighted by molar-refractivity contribution is -0.121. The summed E-state index contributed by atoms with van der Waals surface area (Å²) in [5.41, 5.74) is 1.81. The predicted octanol–water partition coefficient (Wildman–Crippen LogP) is 2.71. The second kappa shape index (κ2) is 7.86. The van der Waals surface area contributed by atoms with Gasteiger partial charge in [-0.25, -0.2) is 9.97 Å². The van der Waals surface area contributed by atoms with Crippen LogP contribution in [-0.4, -0.2) is 33.4 Å². The molecule has 1 saturated carbocycles. The summed E-state index contributed by atoms with van der Waals surface area (Å²) in [5.74, 6) is 1.51. The summed E-state index contributed by atoms with van der Waals surface area (Å²) in [6.07, 6.45) is 8.56. The molecule has 2 heterocycles. The quantitative estimate of drug-likeness (QED) is 0.853. The van der Waals surface area contributed by atoms with Gasteiger partial charge in [0.15, 0.2) is 5.82 Å². The Bertz CT molecular complexity index is 683. The molecule has 0 aliphatic heterocycles. The van der Waals surface area contributed by atoms with Crippen LogP contribution in [0.3, 0.4) is 0 Å². The van der Waals surface area contributed by atoms with E-state index in [-0.39, 0.29) is 5.91 Å². The van der Waals surface area contributed by atoms with Gasteiger partial charge in [0.2, 0.25) is 5.91 Å². The Morgan fingerprint density at radius 2 is 1.96 bits per heavy atom. The molecule has 1 aliphatic carbocycles. The number of amides is 1. The molecule has 0 radical (unpaired) electrons. The minimum Gasteiger partial charge on any atom is -0.369 e. The van der Waals surface area contributed by atoms with E-state index >= 15 is 0 Å². The van der Waals surface area contributed by atoms with Crippen molar-refractivity contribution >= 4 is 11.7 Å². The van der Waals surface area contributed by atoms with Crippen LogP contribution >= 0.6 is 0 Å². The van der Waals surface area contributed by atoms with Crippen LogP contribution in [0.2, 0.25) is 0 Å². The third-order valence-corrected chi connectivity index (χ3v) is 4.17. The predicted molar refractivity (Wildman–Crippen MR) is 93.5 cm³/mol. The summed E-state index contributed by atoms with van der Waals surface area (Å²) in [5, 5.41) is 6.32. The lowest BCUT2D eigenvalue weighted by atomic mass is 10.2. The van der Waals surface area contributed by atoms with Crippen LogP contribution in [0.15, 0.2) is 30.6 Å². The zero-order valence-corrected chi connectivity index (χ0v) is 14.0. The van der Waals surface area contributed by atoms with Gasteiger partial charge in [-0.1, -0.05) is 12.8 Å². The molecular formula is C18H23N5O. The van der Waals surface area contributed by atoms with Crippen LogP contribution in [-0.2, 0) is 4.79 Å². The number of nitrogens with one attached hydrogen (secondary N) is 2. The standard InChI is InChI=1S/C18H23N5O/c1-13-12-16(23-18(21-13)14-6-9-19-10-7-14)20-11-8-17(24)22-15-4-2-3-5-15/h6-7,9-10,12,15H,2-5,8,11H2,1H3,(H,22,24)(H,20,21,23). The lowest BCUT2D eigenvalue weighted by Gasteiger charge is -2.12. The molecule has 1 amide bonds. The minimum atomic E-state index is 0.106. The average molecular weight is 325 g/mol. The third-order valence-electron chi connectivity index (χ3n) is 4.17. The highest BCUT2D eigenvalue weighted by molar-refractivity contribution is 5.76. The molecule has 0 atom stereocenters. The van der Waals surface area contributed by atoms with Crippen molar-refractivity contribution in [1.82, 2.24) is 20.3 Å². The Morgan fingerprint density at radius 3 is 2.71 bits per heavy atom. The molecule has 0 aromatic carbocycles. The van der Waals surface area contributed by atoms with Crippen LogP contribution in [0.25, 0.3) is 11.4 Å². The van der Waals surface area contributed by atoms with Crippen molar-refractivity contribution in [3.8, 4) is 11.4 Å². The summed E-state index contributed by atoms with van der Waals surface area (Å²) in [6.45, 7) is 2.50. The first-order valence-corrected chi connectivity index (χ1v) is 8.50. The van der Waals surface area contributed by atoms with Gasteiger partial charge in [-0.3, -0.25) is 9.78 Å². The minimum absolute atomic E-state index is 0.106. The van der Waals surface area contributed by atoms with E-state index in [4.69, 9.17) is 0 Å². The van der Waals surface area contributed by atoms with Gasteiger partial charge in [0, 0.05) is 48.7 Å². The molecule has 2 aromatic heterocycles. The van der Waals surface area contributed by atoms with Crippen LogP contribution in [0.1, 0.15) is 37.8 Å². The van der Waals surface area contributed by atoms with Crippen molar-refractivity contribution in [3.05, 3.63) is 36.3 Å². The number of rotatable bonds is 6. The van der Waals surface area contributed by atoms with Crippen molar-refractivity contribution in [2.45, 2.75) is 45.1 Å². The van der Waals surface area contributed by atoms with E-state index in [9.17, 15) is 4.79 Å². The number of hydrogen-bond donors (Lipinski definition) is 2. The fourth-order valence-corrected chi connectivity index (χ4v) is 2.96. The van der Waals surface area contributed by atoms with E-state index in [0.29, 0.717) is 24.8 Å². The number of aryl methyl sites for hydroxylation is 1. The Balaban J connectivity index is 1.55. The van der Waals surface area contributed by atoms with Gasteiger partial charge < -0.3 is 10.6 Å². The van der Waals surface area contributed by atoms with E-state index in [0.717, 1.165) is 29.9 Å². The highest BCUT2D eigenvalue weighted by atomic mass is 16.1. The molecule has 2 aromatic rings. The van der Waals surface area contributed by atoms with Crippen molar-refractivity contribution in [3.63, 3.8) is 0 Å². The summed E-state index contributed by atoms with van der Waals surface area (Å²) in [4.78, 5) is 24.9. The van der Waals surface area contributed by atoms with Gasteiger partial charge >= 0.3 is 0 Å². The van der Waals surface area contributed by atoms with Gasteiger partial charge in [-0.05, 0) is 31.9 Å². The molecule has 6 nitrogen and oxygen atoms in total. The summed E-state index contributed by atoms with van der Waals surface area (Å²) in [7, 11) is 0. The summed E-state index contributed by atoms with van der Waals surface area (Å²) >= 11 is 0. The van der Waals surface area contributed by atoms with E-state index in [2.05, 4.69) is 25.6 Å². The summed E-state index contributed by atoms with van der Waals surface area (Å²) < 4.78 is 0. The molecule has 3 rings (SSSR count). The maximum atomic E-state index is 12.0. The fourth-order valence-electron chi connectivity index (χ4n) is 2.96. The molecule has 1 fully saturated rings. The van der Waals surface area contributed by atoms with Gasteiger partial charge in [-0.2, -0.15) is 0 Å². The Labute approximate surface area is 142 Å². The Morgan fingerprint density at radius 1 is 1.21 bits per heavy atom. The normalized spacial score (nSPS) is 14.5. The van der Waals surface area contributed by atoms with Gasteiger partial charge in [-0.15, -0.1) is 0 Å². The van der Waals surface area contributed by atoms with Crippen molar-refractivity contribution in [2.75, 3.05) is 11.9 Å². The molecule has 0 saturated heterocycles. The molecule has 2 N–H and O–H groups in total. The van der Waals surface area contributed by atoms with Crippen LogP contribution < -0.4 is 10.6 Å². The molecule has 24 heavy (non-hydrogen) atoms. The van der Waals surface area contributed by atoms with Gasteiger partial charge in [0.05, 0.1) is 0 Å². The third kappa shape index (κ3) is 4.50. The number of aromatic nitrogens is 3. The number of nitrogens with zero attached hydrogens (tertiary/aromatic N) is 3. The molecule has 0 spiro atoms. The monoisotopic (exact) mass is 325 g/mol. The first-order chi connectivity index (χ1) is 11.7. The van der Waals surface area contributed by atoms with E-state index < -0.39 is 0 Å². The Kier molecular flexibility index (Phi) is 5.36. The zero-order valence-electron chi connectivity index (χ0n) is 14.0. The van der Waals surface area contributed by atoms with Gasteiger partial charge in [0.1, 0.15) is 5.82 Å². The van der Waals surface area contributed by atoms with Gasteiger partial charge in [0.25, 0.3) is 0 Å². The highest BCUT2D eigenvalue weighted by Crippen LogP contribution is 2.18. The van der Waals surface area contributed by atoms with Crippen molar-refractivity contribution in [2.24, 2.45) is 0 Å². The van der Waals surface area contributed by atoms with E-state index in [1.165, 1.54) is 12.8 Å². The first-order valence-electron chi connectivity index (χ1n) is 8.50. The largest absolute Gasteiger partial charge is 0.369 e. The second-order valence-corrected chi connectivity index (χ2v) is 6.18. The first kappa shape index (κ1) is 16.4. The highest BCUT2D eigenvalue weighted by Gasteiger charge is 2.16. The van der Waals surface area contributed by atoms with Crippen molar-refractivity contribution < 1.29 is 4.79 Å².